The van der Waals surface area contributed by atoms with Gasteiger partial charge >= 0.3 is 0 Å². The second-order valence-electron chi connectivity index (χ2n) is 6.79. The molecule has 2 aliphatic rings. The predicted octanol–water partition coefficient (Wildman–Crippen LogP) is 3.07. The molecule has 24 heavy (non-hydrogen) atoms. The number of rotatable bonds is 4. The first kappa shape index (κ1) is 16.5. The van der Waals surface area contributed by atoms with Crippen LogP contribution in [0.3, 0.4) is 0 Å². The molecule has 1 aromatic rings. The fourth-order valence-electron chi connectivity index (χ4n) is 3.55. The van der Waals surface area contributed by atoms with Crippen LogP contribution in [0.25, 0.3) is 0 Å². The van der Waals surface area contributed by atoms with Crippen molar-refractivity contribution in [2.24, 2.45) is 5.41 Å². The summed E-state index contributed by atoms with van der Waals surface area (Å²) in [5, 5.41) is 11.8. The minimum Gasteiger partial charge on any atom is -0.339 e. The zero-order valence-electron chi connectivity index (χ0n) is 14.0. The summed E-state index contributed by atoms with van der Waals surface area (Å²) in [7, 11) is 0. The summed E-state index contributed by atoms with van der Waals surface area (Å²) in [6.07, 6.45) is 5.37. The smallest absolute Gasteiger partial charge is 0.240 e. The molecule has 0 bridgehead atoms. The molecule has 1 saturated heterocycles. The molecule has 126 valence electrons. The highest BCUT2D eigenvalue weighted by Crippen LogP contribution is 2.49. The highest BCUT2D eigenvalue weighted by atomic mass is 16.2. The topological polar surface area (TPSA) is 73.2 Å². The van der Waals surface area contributed by atoms with Gasteiger partial charge in [0, 0.05) is 18.3 Å². The van der Waals surface area contributed by atoms with E-state index in [4.69, 9.17) is 5.26 Å². The largest absolute Gasteiger partial charge is 0.339 e. The van der Waals surface area contributed by atoms with E-state index in [2.05, 4.69) is 18.3 Å². The maximum absolute atomic E-state index is 13.0. The molecule has 5 heteroatoms. The van der Waals surface area contributed by atoms with E-state index in [9.17, 15) is 9.59 Å². The lowest BCUT2D eigenvalue weighted by Gasteiger charge is -2.37. The first-order valence-electron chi connectivity index (χ1n) is 8.73. The first-order chi connectivity index (χ1) is 11.6. The lowest BCUT2D eigenvalue weighted by molar-refractivity contribution is -0.145. The number of hydrogen-bond acceptors (Lipinski definition) is 3. The van der Waals surface area contributed by atoms with Gasteiger partial charge in [0.25, 0.3) is 0 Å². The molecule has 5 nitrogen and oxygen atoms in total. The van der Waals surface area contributed by atoms with Gasteiger partial charge in [0.15, 0.2) is 0 Å². The normalized spacial score (nSPS) is 21.7. The maximum Gasteiger partial charge on any atom is 0.240 e. The quantitative estimate of drug-likeness (QED) is 0.865. The van der Waals surface area contributed by atoms with E-state index >= 15 is 0 Å². The van der Waals surface area contributed by atoms with Gasteiger partial charge in [-0.15, -0.1) is 0 Å². The van der Waals surface area contributed by atoms with Crippen molar-refractivity contribution in [3.8, 4) is 6.07 Å². The van der Waals surface area contributed by atoms with Crippen molar-refractivity contribution >= 4 is 17.5 Å². The number of nitrogens with zero attached hydrogens (tertiary/aromatic N) is 2. The van der Waals surface area contributed by atoms with Gasteiger partial charge in [-0.05, 0) is 56.7 Å². The second-order valence-corrected chi connectivity index (χ2v) is 6.79. The molecule has 1 atom stereocenters. The van der Waals surface area contributed by atoms with E-state index < -0.39 is 5.41 Å². The molecular weight excluding hydrogens is 302 g/mol. The van der Waals surface area contributed by atoms with Gasteiger partial charge in [-0.3, -0.25) is 9.59 Å². The van der Waals surface area contributed by atoms with E-state index in [1.54, 1.807) is 24.3 Å². The van der Waals surface area contributed by atoms with Crippen molar-refractivity contribution in [2.75, 3.05) is 11.9 Å². The molecule has 2 fully saturated rings. The molecule has 1 N–H and O–H groups in total. The van der Waals surface area contributed by atoms with Gasteiger partial charge < -0.3 is 10.2 Å². The summed E-state index contributed by atoms with van der Waals surface area (Å²) in [4.78, 5) is 27.7. The first-order valence-corrected chi connectivity index (χ1v) is 8.73. The Hall–Kier alpha value is -2.35. The van der Waals surface area contributed by atoms with E-state index in [0.29, 0.717) is 24.1 Å². The van der Waals surface area contributed by atoms with Crippen LogP contribution < -0.4 is 5.32 Å². The Bertz CT molecular complexity index is 688. The minimum atomic E-state index is -0.895. The van der Waals surface area contributed by atoms with Crippen molar-refractivity contribution in [3.05, 3.63) is 29.8 Å². The number of likely N-dealkylation sites (tertiary alicyclic amines) is 1. The fraction of sp³-hybridized carbons (Fsp3) is 0.526. The van der Waals surface area contributed by atoms with Crippen molar-refractivity contribution in [2.45, 2.75) is 51.5 Å². The lowest BCUT2D eigenvalue weighted by Crippen LogP contribution is -2.49. The van der Waals surface area contributed by atoms with Gasteiger partial charge in [0.1, 0.15) is 5.41 Å². The second kappa shape index (κ2) is 6.64. The molecule has 2 amide bonds. The van der Waals surface area contributed by atoms with Gasteiger partial charge in [-0.1, -0.05) is 13.0 Å². The number of amides is 2. The number of piperidine rings is 1. The fourth-order valence-corrected chi connectivity index (χ4v) is 3.55. The van der Waals surface area contributed by atoms with Crippen LogP contribution in [0.5, 0.6) is 0 Å². The summed E-state index contributed by atoms with van der Waals surface area (Å²) < 4.78 is 0. The van der Waals surface area contributed by atoms with Gasteiger partial charge in [-0.25, -0.2) is 0 Å². The molecule has 1 saturated carbocycles. The molecule has 1 heterocycles. The zero-order valence-corrected chi connectivity index (χ0v) is 14.0. The van der Waals surface area contributed by atoms with E-state index in [1.807, 2.05) is 4.90 Å². The number of nitriles is 1. The van der Waals surface area contributed by atoms with Gasteiger partial charge in [0.05, 0.1) is 11.6 Å². The standard InChI is InChI=1S/C19H23N3O2/c1-2-16-8-3-4-11-22(16)18(24)19(9-10-19)17(23)21-15-7-5-6-14(12-15)13-20/h5-7,12,16H,2-4,8-11H2,1H3,(H,21,23). The van der Waals surface area contributed by atoms with Crippen molar-refractivity contribution in [3.63, 3.8) is 0 Å². The van der Waals surface area contributed by atoms with Crippen LogP contribution in [0.2, 0.25) is 0 Å². The number of anilines is 1. The molecule has 1 unspecified atom stereocenters. The summed E-state index contributed by atoms with van der Waals surface area (Å²) in [6.45, 7) is 2.86. The molecule has 1 aromatic carbocycles. The SMILES string of the molecule is CCC1CCCCN1C(=O)C1(C(=O)Nc2cccc(C#N)c2)CC1. The molecule has 1 aliphatic carbocycles. The number of carbonyl (C=O) groups excluding carboxylic acids is 2. The average molecular weight is 325 g/mol. The number of hydrogen-bond donors (Lipinski definition) is 1. The highest BCUT2D eigenvalue weighted by molar-refractivity contribution is 6.13. The zero-order chi connectivity index (χ0) is 17.2. The Morgan fingerprint density at radius 2 is 2.17 bits per heavy atom. The minimum absolute atomic E-state index is 0.0111. The summed E-state index contributed by atoms with van der Waals surface area (Å²) >= 11 is 0. The third kappa shape index (κ3) is 3.01. The number of carbonyl (C=O) groups is 2. The predicted molar refractivity (Wildman–Crippen MR) is 91.1 cm³/mol. The monoisotopic (exact) mass is 325 g/mol. The molecule has 3 rings (SSSR count). The van der Waals surface area contributed by atoms with Crippen LogP contribution in [0.4, 0.5) is 5.69 Å². The van der Waals surface area contributed by atoms with Gasteiger partial charge in [0.2, 0.25) is 11.8 Å². The molecule has 0 radical (unpaired) electrons. The Morgan fingerprint density at radius 3 is 2.83 bits per heavy atom. The van der Waals surface area contributed by atoms with Crippen LogP contribution in [0.15, 0.2) is 24.3 Å². The number of benzene rings is 1. The number of nitrogens with one attached hydrogen (secondary N) is 1. The Labute approximate surface area is 142 Å². The summed E-state index contributed by atoms with van der Waals surface area (Å²) in [5.41, 5.74) is 0.169. The molecule has 0 aromatic heterocycles. The lowest BCUT2D eigenvalue weighted by atomic mass is 9.95. The van der Waals surface area contributed by atoms with Crippen LogP contribution >= 0.6 is 0 Å². The molecular formula is C19H23N3O2. The summed E-state index contributed by atoms with van der Waals surface area (Å²) in [6, 6.07) is 9.11. The van der Waals surface area contributed by atoms with E-state index in [-0.39, 0.29) is 17.9 Å². The van der Waals surface area contributed by atoms with E-state index in [1.165, 1.54) is 0 Å². The highest BCUT2D eigenvalue weighted by Gasteiger charge is 2.58. The molecule has 1 aliphatic heterocycles. The van der Waals surface area contributed by atoms with Gasteiger partial charge in [-0.2, -0.15) is 5.26 Å². The summed E-state index contributed by atoms with van der Waals surface area (Å²) in [5.74, 6) is -0.244. The third-order valence-corrected chi connectivity index (χ3v) is 5.20. The van der Waals surface area contributed by atoms with Crippen molar-refractivity contribution in [1.82, 2.24) is 4.90 Å². The van der Waals surface area contributed by atoms with E-state index in [0.717, 1.165) is 32.2 Å². The van der Waals surface area contributed by atoms with Crippen molar-refractivity contribution in [1.29, 1.82) is 5.26 Å². The third-order valence-electron chi connectivity index (χ3n) is 5.20. The van der Waals surface area contributed by atoms with Crippen LogP contribution in [-0.4, -0.2) is 29.3 Å². The van der Waals surface area contributed by atoms with Crippen LogP contribution in [-0.2, 0) is 9.59 Å². The Kier molecular flexibility index (Phi) is 4.57. The van der Waals surface area contributed by atoms with Crippen LogP contribution in [0.1, 0.15) is 51.0 Å². The maximum atomic E-state index is 13.0. The Morgan fingerprint density at radius 1 is 1.38 bits per heavy atom. The Balaban J connectivity index is 1.74. The van der Waals surface area contributed by atoms with Crippen molar-refractivity contribution < 1.29 is 9.59 Å². The molecule has 0 spiro atoms. The average Bonchev–Trinajstić information content (AvgIpc) is 3.43. The van der Waals surface area contributed by atoms with Crippen LogP contribution in [0, 0.1) is 16.7 Å².